The van der Waals surface area contributed by atoms with Crippen molar-refractivity contribution in [2.75, 3.05) is 5.32 Å². The van der Waals surface area contributed by atoms with Gasteiger partial charge in [-0.25, -0.2) is 9.97 Å². The number of rotatable bonds is 3. The molecule has 154 valence electrons. The summed E-state index contributed by atoms with van der Waals surface area (Å²) < 4.78 is 2.29. The molecular weight excluding hydrogens is 396 g/mol. The van der Waals surface area contributed by atoms with Crippen LogP contribution in [0.2, 0.25) is 0 Å². The summed E-state index contributed by atoms with van der Waals surface area (Å²) in [7, 11) is 0. The van der Waals surface area contributed by atoms with Crippen LogP contribution in [-0.4, -0.2) is 20.4 Å². The summed E-state index contributed by atoms with van der Waals surface area (Å²) in [6.45, 7) is 3.03. The van der Waals surface area contributed by atoms with Gasteiger partial charge in [-0.3, -0.25) is 4.79 Å². The number of aromatic nitrogens is 3. The molecule has 1 N–H and O–H groups in total. The Balaban J connectivity index is 1.44. The number of amides is 1. The first-order valence-corrected chi connectivity index (χ1v) is 10.7. The topological polar surface area (TPSA) is 59.8 Å². The summed E-state index contributed by atoms with van der Waals surface area (Å²) >= 11 is 0. The smallest absolute Gasteiger partial charge is 0.257 e. The van der Waals surface area contributed by atoms with Crippen molar-refractivity contribution >= 4 is 55.5 Å². The molecule has 0 saturated heterocycles. The lowest BCUT2D eigenvalue weighted by Gasteiger charge is -2.09. The van der Waals surface area contributed by atoms with Crippen molar-refractivity contribution in [1.82, 2.24) is 14.5 Å². The highest BCUT2D eigenvalue weighted by atomic mass is 16.1. The first kappa shape index (κ1) is 18.5. The van der Waals surface area contributed by atoms with E-state index < -0.39 is 0 Å². The first-order chi connectivity index (χ1) is 15.7. The molecule has 32 heavy (non-hydrogen) atoms. The van der Waals surface area contributed by atoms with Gasteiger partial charge in [0.2, 0.25) is 0 Å². The summed E-state index contributed by atoms with van der Waals surface area (Å²) in [6.07, 6.45) is 0. The molecule has 0 bridgehead atoms. The van der Waals surface area contributed by atoms with E-state index in [-0.39, 0.29) is 5.91 Å². The van der Waals surface area contributed by atoms with Gasteiger partial charge in [0.25, 0.3) is 5.91 Å². The zero-order valence-electron chi connectivity index (χ0n) is 17.5. The third-order valence-corrected chi connectivity index (χ3v) is 5.96. The van der Waals surface area contributed by atoms with Crippen LogP contribution in [0.3, 0.4) is 0 Å². The highest BCUT2D eigenvalue weighted by Crippen LogP contribution is 2.31. The number of benzene rings is 4. The van der Waals surface area contributed by atoms with E-state index in [1.54, 1.807) is 6.07 Å². The Morgan fingerprint density at radius 3 is 2.34 bits per heavy atom. The van der Waals surface area contributed by atoms with Gasteiger partial charge in [0.1, 0.15) is 5.52 Å². The van der Waals surface area contributed by atoms with Crippen LogP contribution in [0.25, 0.3) is 43.9 Å². The van der Waals surface area contributed by atoms with Crippen molar-refractivity contribution in [3.05, 3.63) is 90.5 Å². The number of nitrogens with one attached hydrogen (secondary N) is 1. The number of carbonyl (C=O) groups excluding carboxylic acids is 1. The molecule has 2 aromatic heterocycles. The average Bonchev–Trinajstić information content (AvgIpc) is 3.15. The molecular formula is C27H20N4O. The highest BCUT2D eigenvalue weighted by Gasteiger charge is 2.15. The van der Waals surface area contributed by atoms with E-state index in [0.717, 1.165) is 34.2 Å². The number of aryl methyl sites for hydroxylation is 1. The molecule has 0 spiro atoms. The predicted octanol–water partition coefficient (Wildman–Crippen LogP) is 6.16. The molecule has 1 amide bonds. The van der Waals surface area contributed by atoms with Crippen LogP contribution in [0.15, 0.2) is 84.9 Å². The highest BCUT2D eigenvalue weighted by molar-refractivity contribution is 6.14. The molecule has 4 aromatic carbocycles. The average molecular weight is 416 g/mol. The minimum atomic E-state index is -0.196. The Bertz CT molecular complexity index is 1670. The number of hydrogen-bond donors (Lipinski definition) is 1. The van der Waals surface area contributed by atoms with Gasteiger partial charge in [-0.2, -0.15) is 0 Å². The molecule has 0 aliphatic heterocycles. The maximum absolute atomic E-state index is 13.2. The fraction of sp³-hybridized carbons (Fsp3) is 0.0741. The second-order valence-corrected chi connectivity index (χ2v) is 7.83. The van der Waals surface area contributed by atoms with Crippen LogP contribution in [0.1, 0.15) is 17.3 Å². The van der Waals surface area contributed by atoms with Gasteiger partial charge in [-0.15, -0.1) is 0 Å². The van der Waals surface area contributed by atoms with Gasteiger partial charge in [0.15, 0.2) is 0 Å². The predicted molar refractivity (Wildman–Crippen MR) is 130 cm³/mol. The standard InChI is InChI=1S/C27H20N4O/c1-2-31-24-13-6-3-8-18(24)20-16-17(14-15-25(20)31)28-27(32)19-9-7-12-23-26(19)30-22-11-5-4-10-21(22)29-23/h3-16H,2H2,1H3,(H,28,32). The Morgan fingerprint density at radius 2 is 1.50 bits per heavy atom. The summed E-state index contributed by atoms with van der Waals surface area (Å²) in [5, 5.41) is 5.38. The summed E-state index contributed by atoms with van der Waals surface area (Å²) in [6, 6.07) is 27.7. The lowest BCUT2D eigenvalue weighted by atomic mass is 10.1. The van der Waals surface area contributed by atoms with Crippen molar-refractivity contribution in [2.24, 2.45) is 0 Å². The number of para-hydroxylation sites is 4. The SMILES string of the molecule is CCn1c2ccccc2c2cc(NC(=O)c3cccc4nc5ccccc5nc34)ccc21. The van der Waals surface area contributed by atoms with Crippen molar-refractivity contribution in [3.8, 4) is 0 Å². The number of hydrogen-bond acceptors (Lipinski definition) is 3. The molecule has 0 unspecified atom stereocenters. The maximum atomic E-state index is 13.2. The minimum Gasteiger partial charge on any atom is -0.341 e. The van der Waals surface area contributed by atoms with Gasteiger partial charge in [-0.05, 0) is 55.5 Å². The second kappa shape index (κ2) is 7.17. The van der Waals surface area contributed by atoms with Crippen LogP contribution < -0.4 is 5.32 Å². The van der Waals surface area contributed by atoms with Crippen LogP contribution in [0, 0.1) is 0 Å². The monoisotopic (exact) mass is 416 g/mol. The Morgan fingerprint density at radius 1 is 0.781 bits per heavy atom. The molecule has 5 nitrogen and oxygen atoms in total. The minimum absolute atomic E-state index is 0.196. The summed E-state index contributed by atoms with van der Waals surface area (Å²) in [4.78, 5) is 22.6. The van der Waals surface area contributed by atoms with E-state index in [2.05, 4.69) is 46.1 Å². The molecule has 0 aliphatic carbocycles. The molecule has 0 aliphatic rings. The lowest BCUT2D eigenvalue weighted by molar-refractivity contribution is 0.102. The van der Waals surface area contributed by atoms with Crippen LogP contribution in [0.5, 0.6) is 0 Å². The van der Waals surface area contributed by atoms with Gasteiger partial charge in [0, 0.05) is 34.0 Å². The number of carbonyl (C=O) groups is 1. The van der Waals surface area contributed by atoms with Gasteiger partial charge in [0.05, 0.1) is 22.1 Å². The molecule has 0 fully saturated rings. The Hall–Kier alpha value is -4.25. The normalized spacial score (nSPS) is 11.5. The Kier molecular flexibility index (Phi) is 4.15. The summed E-state index contributed by atoms with van der Waals surface area (Å²) in [5.74, 6) is -0.196. The zero-order chi connectivity index (χ0) is 21.7. The fourth-order valence-electron chi connectivity index (χ4n) is 4.50. The van der Waals surface area contributed by atoms with E-state index in [9.17, 15) is 4.79 Å². The van der Waals surface area contributed by atoms with Crippen LogP contribution in [0.4, 0.5) is 5.69 Å². The fourth-order valence-corrected chi connectivity index (χ4v) is 4.50. The third kappa shape index (κ3) is 2.82. The van der Waals surface area contributed by atoms with E-state index in [0.29, 0.717) is 16.6 Å². The van der Waals surface area contributed by atoms with Gasteiger partial charge >= 0.3 is 0 Å². The van der Waals surface area contributed by atoms with E-state index in [1.165, 1.54) is 10.9 Å². The molecule has 6 aromatic rings. The van der Waals surface area contributed by atoms with Gasteiger partial charge < -0.3 is 9.88 Å². The molecule has 0 atom stereocenters. The second-order valence-electron chi connectivity index (χ2n) is 7.83. The number of fused-ring (bicyclic) bond motifs is 5. The molecule has 5 heteroatoms. The van der Waals surface area contributed by atoms with Crippen molar-refractivity contribution < 1.29 is 4.79 Å². The van der Waals surface area contributed by atoms with E-state index in [4.69, 9.17) is 4.98 Å². The molecule has 2 heterocycles. The molecule has 0 radical (unpaired) electrons. The number of nitrogens with zero attached hydrogens (tertiary/aromatic N) is 3. The van der Waals surface area contributed by atoms with Crippen molar-refractivity contribution in [3.63, 3.8) is 0 Å². The van der Waals surface area contributed by atoms with Crippen LogP contribution in [-0.2, 0) is 6.54 Å². The van der Waals surface area contributed by atoms with Crippen molar-refractivity contribution in [1.29, 1.82) is 0 Å². The Labute approximate surface area is 184 Å². The van der Waals surface area contributed by atoms with Crippen molar-refractivity contribution in [2.45, 2.75) is 13.5 Å². The largest absolute Gasteiger partial charge is 0.341 e. The van der Waals surface area contributed by atoms with Crippen LogP contribution >= 0.6 is 0 Å². The van der Waals surface area contributed by atoms with E-state index in [1.807, 2.05) is 54.6 Å². The quantitative estimate of drug-likeness (QED) is 0.351. The number of anilines is 1. The van der Waals surface area contributed by atoms with E-state index >= 15 is 0 Å². The maximum Gasteiger partial charge on any atom is 0.257 e. The zero-order valence-corrected chi connectivity index (χ0v) is 17.5. The summed E-state index contributed by atoms with van der Waals surface area (Å²) in [5.41, 5.74) is 6.53. The molecule has 0 saturated carbocycles. The van der Waals surface area contributed by atoms with Gasteiger partial charge in [-0.1, -0.05) is 36.4 Å². The first-order valence-electron chi connectivity index (χ1n) is 10.7. The molecule has 6 rings (SSSR count). The third-order valence-electron chi connectivity index (χ3n) is 5.96. The lowest BCUT2D eigenvalue weighted by Crippen LogP contribution is -2.13.